The Kier molecular flexibility index (Phi) is 5.02. The van der Waals surface area contributed by atoms with Crippen molar-refractivity contribution in [1.29, 1.82) is 0 Å². The topological polar surface area (TPSA) is 123 Å². The van der Waals surface area contributed by atoms with Gasteiger partial charge in [0.05, 0.1) is 29.1 Å². The molecule has 1 fully saturated rings. The Balaban J connectivity index is 1.21. The summed E-state index contributed by atoms with van der Waals surface area (Å²) >= 11 is 12.4. The molecule has 5 heterocycles. The van der Waals surface area contributed by atoms with Gasteiger partial charge in [-0.2, -0.15) is 9.49 Å². The fraction of sp³-hybridized carbons (Fsp3) is 0.259. The predicted molar refractivity (Wildman–Crippen MR) is 147 cm³/mol. The molecule has 3 aliphatic rings. The quantitative estimate of drug-likeness (QED) is 0.304. The van der Waals surface area contributed by atoms with Gasteiger partial charge in [-0.15, -0.1) is 5.10 Å². The number of nitrogens with zero attached hydrogens (tertiary/aromatic N) is 7. The lowest BCUT2D eigenvalue weighted by Crippen LogP contribution is -2.28. The molecule has 2 N–H and O–H groups in total. The summed E-state index contributed by atoms with van der Waals surface area (Å²) in [7, 11) is 0. The third-order valence-corrected chi connectivity index (χ3v) is 8.51. The highest BCUT2D eigenvalue weighted by Gasteiger charge is 2.55. The Morgan fingerprint density at radius 3 is 2.85 bits per heavy atom. The average Bonchev–Trinajstić information content (AvgIpc) is 3.21. The van der Waals surface area contributed by atoms with E-state index in [1.54, 1.807) is 21.5 Å². The van der Waals surface area contributed by atoms with Crippen LogP contribution in [0.3, 0.4) is 0 Å². The summed E-state index contributed by atoms with van der Waals surface area (Å²) in [4.78, 5) is 26.0. The Labute approximate surface area is 235 Å². The van der Waals surface area contributed by atoms with E-state index >= 15 is 4.39 Å². The third-order valence-electron chi connectivity index (χ3n) is 8.04. The summed E-state index contributed by atoms with van der Waals surface area (Å²) in [6.45, 7) is 1.93. The summed E-state index contributed by atoms with van der Waals surface area (Å²) in [6, 6.07) is 6.60. The zero-order valence-electron chi connectivity index (χ0n) is 21.0. The van der Waals surface area contributed by atoms with Crippen molar-refractivity contribution in [3.8, 4) is 11.3 Å². The predicted octanol–water partition coefficient (Wildman–Crippen LogP) is 5.19. The molecule has 8 rings (SSSR count). The summed E-state index contributed by atoms with van der Waals surface area (Å²) in [5.74, 6) is 0.728. The van der Waals surface area contributed by atoms with Gasteiger partial charge >= 0.3 is 0 Å². The third kappa shape index (κ3) is 3.54. The van der Waals surface area contributed by atoms with Gasteiger partial charge in [0, 0.05) is 39.2 Å². The van der Waals surface area contributed by atoms with Crippen molar-refractivity contribution in [1.82, 2.24) is 44.7 Å². The van der Waals surface area contributed by atoms with Crippen LogP contribution in [0.25, 0.3) is 33.4 Å². The van der Waals surface area contributed by atoms with Crippen molar-refractivity contribution < 1.29 is 4.39 Å². The van der Waals surface area contributed by atoms with E-state index < -0.39 is 12.0 Å². The molecule has 200 valence electrons. The van der Waals surface area contributed by atoms with E-state index in [0.29, 0.717) is 46.4 Å². The summed E-state index contributed by atoms with van der Waals surface area (Å²) < 4.78 is 18.5. The smallest absolute Gasteiger partial charge is 0.254 e. The molecule has 1 saturated carbocycles. The molecule has 0 amide bonds. The minimum absolute atomic E-state index is 0.0885. The maximum Gasteiger partial charge on any atom is 0.254 e. The molecule has 5 aromatic rings. The first-order chi connectivity index (χ1) is 19.4. The van der Waals surface area contributed by atoms with Crippen LogP contribution in [0.2, 0.25) is 5.15 Å². The van der Waals surface area contributed by atoms with E-state index in [1.165, 1.54) is 6.07 Å². The van der Waals surface area contributed by atoms with Crippen LogP contribution in [-0.4, -0.2) is 44.7 Å². The first-order valence-corrected chi connectivity index (χ1v) is 13.6. The molecule has 3 unspecified atom stereocenters. The van der Waals surface area contributed by atoms with E-state index in [2.05, 4.69) is 30.5 Å². The molecule has 0 saturated heterocycles. The van der Waals surface area contributed by atoms with Gasteiger partial charge in [-0.25, -0.2) is 14.6 Å². The molecule has 2 aliphatic carbocycles. The number of hydrogen-bond acceptors (Lipinski definition) is 6. The van der Waals surface area contributed by atoms with E-state index in [0.717, 1.165) is 28.7 Å². The molecule has 40 heavy (non-hydrogen) atoms. The largest absolute Gasteiger partial charge is 0.317 e. The number of H-pyrrole nitrogens is 2. The normalized spacial score (nSPS) is 21.6. The number of benzene rings is 1. The fourth-order valence-corrected chi connectivity index (χ4v) is 6.41. The zero-order chi connectivity index (χ0) is 27.3. The molecule has 0 radical (unpaired) electrons. The number of aryl methyl sites for hydroxylation is 1. The van der Waals surface area contributed by atoms with Crippen LogP contribution in [0.5, 0.6) is 0 Å². The number of hydrogen-bond donors (Lipinski definition) is 2. The van der Waals surface area contributed by atoms with Crippen LogP contribution in [-0.2, 0) is 0 Å². The molecule has 0 bridgehead atoms. The lowest BCUT2D eigenvalue weighted by Gasteiger charge is -2.19. The number of imidazole rings is 1. The van der Waals surface area contributed by atoms with Crippen LogP contribution in [0, 0.1) is 18.8 Å². The minimum Gasteiger partial charge on any atom is -0.317 e. The molecule has 3 atom stereocenters. The fourth-order valence-electron chi connectivity index (χ4n) is 6.08. The molecule has 1 aliphatic heterocycles. The lowest BCUT2D eigenvalue weighted by atomic mass is 10.00. The van der Waals surface area contributed by atoms with Crippen molar-refractivity contribution >= 4 is 45.4 Å². The lowest BCUT2D eigenvalue weighted by molar-refractivity contribution is 0.499. The second-order valence-electron chi connectivity index (χ2n) is 10.5. The summed E-state index contributed by atoms with van der Waals surface area (Å²) in [5, 5.41) is 17.1. The van der Waals surface area contributed by atoms with Crippen molar-refractivity contribution in [2.75, 3.05) is 0 Å². The molecule has 10 nitrogen and oxygen atoms in total. The minimum atomic E-state index is -0.548. The van der Waals surface area contributed by atoms with E-state index in [9.17, 15) is 4.79 Å². The number of nitrogens with one attached hydrogen (secondary N) is 2. The maximum absolute atomic E-state index is 15.2. The van der Waals surface area contributed by atoms with Crippen molar-refractivity contribution in [3.63, 3.8) is 0 Å². The van der Waals surface area contributed by atoms with Crippen molar-refractivity contribution in [2.45, 2.75) is 38.1 Å². The Morgan fingerprint density at radius 1 is 1.15 bits per heavy atom. The summed E-state index contributed by atoms with van der Waals surface area (Å²) in [6.07, 6.45) is 5.51. The second kappa shape index (κ2) is 8.45. The van der Waals surface area contributed by atoms with E-state index in [4.69, 9.17) is 28.2 Å². The van der Waals surface area contributed by atoms with Crippen molar-refractivity contribution in [3.05, 3.63) is 86.1 Å². The number of fused-ring (bicyclic) bond motifs is 4. The standard InChI is InChI=1S/C27H20Cl2FN9O/c1-11-14-4-2-12(6-19(14)35-34-11)23-25(30)33-26(32-23)24-15-8-16(15)27-31-18(9-22(40)39(24)27)17-7-13(28)3-5-20(17)38-10-21(29)36-37-38/h2,4,6-7,9-10,15-16,24H,3,5,8H2,1H3,(H,32,33)(H,34,35). The van der Waals surface area contributed by atoms with Gasteiger partial charge in [0.1, 0.15) is 17.3 Å². The van der Waals surface area contributed by atoms with Gasteiger partial charge in [0.2, 0.25) is 5.95 Å². The van der Waals surface area contributed by atoms with Gasteiger partial charge in [0.15, 0.2) is 5.15 Å². The molecule has 1 aromatic carbocycles. The molecule has 4 aromatic heterocycles. The Hall–Kier alpha value is -4.09. The van der Waals surface area contributed by atoms with Gasteiger partial charge < -0.3 is 4.98 Å². The maximum atomic E-state index is 15.2. The van der Waals surface area contributed by atoms with Gasteiger partial charge in [0.25, 0.3) is 5.56 Å². The average molecular weight is 576 g/mol. The number of rotatable bonds is 4. The molecular formula is C27H20Cl2FN9O. The Morgan fingerprint density at radius 2 is 2.02 bits per heavy atom. The monoisotopic (exact) mass is 575 g/mol. The van der Waals surface area contributed by atoms with Crippen LogP contribution in [0.1, 0.15) is 54.3 Å². The molecule has 0 spiro atoms. The van der Waals surface area contributed by atoms with Gasteiger partial charge in [-0.1, -0.05) is 40.5 Å². The second-order valence-corrected chi connectivity index (χ2v) is 11.3. The van der Waals surface area contributed by atoms with E-state index in [-0.39, 0.29) is 28.2 Å². The van der Waals surface area contributed by atoms with Crippen LogP contribution in [0.4, 0.5) is 4.39 Å². The van der Waals surface area contributed by atoms with Gasteiger partial charge in [-0.3, -0.25) is 14.5 Å². The number of halogens is 3. The van der Waals surface area contributed by atoms with E-state index in [1.807, 2.05) is 25.1 Å². The highest BCUT2D eigenvalue weighted by molar-refractivity contribution is 6.31. The first-order valence-electron chi connectivity index (χ1n) is 12.9. The number of aromatic nitrogens is 9. The molecule has 13 heteroatoms. The summed E-state index contributed by atoms with van der Waals surface area (Å²) in [5.41, 5.74) is 4.27. The highest BCUT2D eigenvalue weighted by atomic mass is 35.5. The number of aromatic amines is 2. The highest BCUT2D eigenvalue weighted by Crippen LogP contribution is 2.59. The van der Waals surface area contributed by atoms with Crippen LogP contribution >= 0.6 is 23.2 Å². The first kappa shape index (κ1) is 23.8. The Bertz CT molecular complexity index is 2000. The van der Waals surface area contributed by atoms with Crippen molar-refractivity contribution in [2.24, 2.45) is 5.92 Å². The van der Waals surface area contributed by atoms with Crippen LogP contribution < -0.4 is 5.56 Å². The zero-order valence-corrected chi connectivity index (χ0v) is 22.5. The molecular weight excluding hydrogens is 556 g/mol. The number of allylic oxidation sites excluding steroid dienone is 4. The van der Waals surface area contributed by atoms with Crippen LogP contribution in [0.15, 0.2) is 46.4 Å². The SMILES string of the molecule is Cc1[nH]nc2cc(-c3nc(C4C5CC5c5nc(C6=C(n7cc(Cl)nn7)CCC(Cl)=C6)cc(=O)n54)[nH]c3F)ccc12. The van der Waals surface area contributed by atoms with Gasteiger partial charge in [-0.05, 0) is 44.2 Å².